The number of morpholine rings is 1. The average molecular weight is 370 g/mol. The lowest BCUT2D eigenvalue weighted by atomic mass is 10.2. The standard InChI is InChI=1S/C16H22N2O4S2/c1-23-13-4-6-14(7-5-13)24(20,21)18-8-2-3-15(18)16(19)17-9-11-22-12-10-17/h4-7,15H,2-3,8-12H2,1H3. The molecule has 1 atom stereocenters. The van der Waals surface area contributed by atoms with Crippen LogP contribution in [0.3, 0.4) is 0 Å². The number of amides is 1. The largest absolute Gasteiger partial charge is 0.378 e. The van der Waals surface area contributed by atoms with Crippen LogP contribution in [0.15, 0.2) is 34.1 Å². The first-order valence-electron chi connectivity index (χ1n) is 8.06. The normalized spacial score (nSPS) is 22.7. The van der Waals surface area contributed by atoms with Crippen molar-refractivity contribution in [2.45, 2.75) is 28.7 Å². The molecule has 0 radical (unpaired) electrons. The van der Waals surface area contributed by atoms with Crippen LogP contribution >= 0.6 is 11.8 Å². The zero-order valence-electron chi connectivity index (χ0n) is 13.7. The number of sulfonamides is 1. The van der Waals surface area contributed by atoms with Crippen LogP contribution in [0.25, 0.3) is 0 Å². The molecule has 3 rings (SSSR count). The summed E-state index contributed by atoms with van der Waals surface area (Å²) >= 11 is 1.56. The molecule has 1 amide bonds. The van der Waals surface area contributed by atoms with E-state index in [0.717, 1.165) is 4.90 Å². The first kappa shape index (κ1) is 17.7. The molecular weight excluding hydrogens is 348 g/mol. The molecule has 0 spiro atoms. The lowest BCUT2D eigenvalue weighted by Gasteiger charge is -2.32. The van der Waals surface area contributed by atoms with Gasteiger partial charge in [-0.15, -0.1) is 11.8 Å². The van der Waals surface area contributed by atoms with Gasteiger partial charge in [-0.05, 0) is 43.4 Å². The highest BCUT2D eigenvalue weighted by atomic mass is 32.2. The van der Waals surface area contributed by atoms with E-state index in [4.69, 9.17) is 4.74 Å². The summed E-state index contributed by atoms with van der Waals surface area (Å²) in [5, 5.41) is 0. The number of benzene rings is 1. The summed E-state index contributed by atoms with van der Waals surface area (Å²) in [6.45, 7) is 2.49. The van der Waals surface area contributed by atoms with E-state index in [-0.39, 0.29) is 10.8 Å². The molecule has 1 unspecified atom stereocenters. The highest BCUT2D eigenvalue weighted by molar-refractivity contribution is 7.98. The van der Waals surface area contributed by atoms with E-state index in [1.165, 1.54) is 4.31 Å². The molecule has 0 aliphatic carbocycles. The van der Waals surface area contributed by atoms with Crippen LogP contribution in [0.1, 0.15) is 12.8 Å². The van der Waals surface area contributed by atoms with Gasteiger partial charge in [0.25, 0.3) is 0 Å². The first-order chi connectivity index (χ1) is 11.5. The number of carbonyl (C=O) groups is 1. The number of ether oxygens (including phenoxy) is 1. The van der Waals surface area contributed by atoms with Crippen molar-refractivity contribution in [1.29, 1.82) is 0 Å². The van der Waals surface area contributed by atoms with Crippen molar-refractivity contribution < 1.29 is 17.9 Å². The smallest absolute Gasteiger partial charge is 0.243 e. The highest BCUT2D eigenvalue weighted by Crippen LogP contribution is 2.28. The third kappa shape index (κ3) is 3.46. The van der Waals surface area contributed by atoms with E-state index in [2.05, 4.69) is 0 Å². The summed E-state index contributed by atoms with van der Waals surface area (Å²) in [4.78, 5) is 15.7. The third-order valence-electron chi connectivity index (χ3n) is 4.48. The van der Waals surface area contributed by atoms with Crippen LogP contribution in [-0.2, 0) is 19.6 Å². The number of rotatable bonds is 4. The van der Waals surface area contributed by atoms with Gasteiger partial charge in [-0.25, -0.2) is 8.42 Å². The SMILES string of the molecule is CSc1ccc(S(=O)(=O)N2CCCC2C(=O)N2CCOCC2)cc1. The predicted octanol–water partition coefficient (Wildman–Crippen LogP) is 1.42. The maximum atomic E-state index is 13.0. The Balaban J connectivity index is 1.81. The van der Waals surface area contributed by atoms with E-state index >= 15 is 0 Å². The van der Waals surface area contributed by atoms with Gasteiger partial charge in [0.15, 0.2) is 0 Å². The number of nitrogens with zero attached hydrogens (tertiary/aromatic N) is 2. The Morgan fingerprint density at radius 1 is 1.17 bits per heavy atom. The van der Waals surface area contributed by atoms with Crippen molar-refractivity contribution in [1.82, 2.24) is 9.21 Å². The molecule has 2 aliphatic rings. The van der Waals surface area contributed by atoms with Gasteiger partial charge >= 0.3 is 0 Å². The van der Waals surface area contributed by atoms with Crippen LogP contribution in [0.4, 0.5) is 0 Å². The van der Waals surface area contributed by atoms with Gasteiger partial charge in [0, 0.05) is 24.5 Å². The van der Waals surface area contributed by atoms with Crippen LogP contribution in [-0.4, -0.2) is 68.7 Å². The second kappa shape index (κ2) is 7.43. The highest BCUT2D eigenvalue weighted by Gasteiger charge is 2.41. The van der Waals surface area contributed by atoms with Crippen LogP contribution < -0.4 is 0 Å². The van der Waals surface area contributed by atoms with Gasteiger partial charge in [-0.2, -0.15) is 4.31 Å². The quantitative estimate of drug-likeness (QED) is 0.750. The summed E-state index contributed by atoms with van der Waals surface area (Å²) in [5.41, 5.74) is 0. The Labute approximate surface area is 147 Å². The van der Waals surface area contributed by atoms with Gasteiger partial charge < -0.3 is 9.64 Å². The number of hydrogen-bond acceptors (Lipinski definition) is 5. The minimum atomic E-state index is -3.65. The fourth-order valence-electron chi connectivity index (χ4n) is 3.15. The molecule has 2 aliphatic heterocycles. The average Bonchev–Trinajstić information content (AvgIpc) is 3.12. The van der Waals surface area contributed by atoms with Crippen molar-refractivity contribution in [2.24, 2.45) is 0 Å². The number of thioether (sulfide) groups is 1. The summed E-state index contributed by atoms with van der Waals surface area (Å²) in [5.74, 6) is -0.0971. The molecule has 2 heterocycles. The first-order valence-corrected chi connectivity index (χ1v) is 10.7. The molecule has 24 heavy (non-hydrogen) atoms. The van der Waals surface area contributed by atoms with Gasteiger partial charge in [0.1, 0.15) is 6.04 Å². The molecule has 132 valence electrons. The minimum Gasteiger partial charge on any atom is -0.378 e. The minimum absolute atomic E-state index is 0.0971. The fourth-order valence-corrected chi connectivity index (χ4v) is 5.21. The van der Waals surface area contributed by atoms with Crippen molar-refractivity contribution in [2.75, 3.05) is 39.1 Å². The molecule has 0 N–H and O–H groups in total. The number of carbonyl (C=O) groups excluding carboxylic acids is 1. The van der Waals surface area contributed by atoms with Gasteiger partial charge in [0.05, 0.1) is 18.1 Å². The van der Waals surface area contributed by atoms with E-state index in [1.807, 2.05) is 6.26 Å². The van der Waals surface area contributed by atoms with E-state index in [0.29, 0.717) is 45.7 Å². The molecule has 6 nitrogen and oxygen atoms in total. The fraction of sp³-hybridized carbons (Fsp3) is 0.562. The molecular formula is C16H22N2O4S2. The number of hydrogen-bond donors (Lipinski definition) is 0. The van der Waals surface area contributed by atoms with Crippen LogP contribution in [0, 0.1) is 0 Å². The molecule has 1 aromatic rings. The van der Waals surface area contributed by atoms with E-state index < -0.39 is 16.1 Å². The Morgan fingerprint density at radius 2 is 1.83 bits per heavy atom. The Hall–Kier alpha value is -1.09. The lowest BCUT2D eigenvalue weighted by Crippen LogP contribution is -2.50. The molecule has 0 bridgehead atoms. The molecule has 0 aromatic heterocycles. The maximum absolute atomic E-state index is 13.0. The van der Waals surface area contributed by atoms with Crippen molar-refractivity contribution in [3.8, 4) is 0 Å². The second-order valence-electron chi connectivity index (χ2n) is 5.89. The molecule has 1 aromatic carbocycles. The molecule has 8 heteroatoms. The van der Waals surface area contributed by atoms with E-state index in [1.54, 1.807) is 40.9 Å². The Morgan fingerprint density at radius 3 is 2.46 bits per heavy atom. The van der Waals surface area contributed by atoms with Gasteiger partial charge in [-0.1, -0.05) is 0 Å². The van der Waals surface area contributed by atoms with E-state index in [9.17, 15) is 13.2 Å². The van der Waals surface area contributed by atoms with Gasteiger partial charge in [0.2, 0.25) is 15.9 Å². The molecule has 0 saturated carbocycles. The van der Waals surface area contributed by atoms with Crippen molar-refractivity contribution in [3.63, 3.8) is 0 Å². The molecule has 2 saturated heterocycles. The zero-order valence-corrected chi connectivity index (χ0v) is 15.3. The zero-order chi connectivity index (χ0) is 17.2. The van der Waals surface area contributed by atoms with Crippen molar-refractivity contribution in [3.05, 3.63) is 24.3 Å². The van der Waals surface area contributed by atoms with Crippen molar-refractivity contribution >= 4 is 27.7 Å². The second-order valence-corrected chi connectivity index (χ2v) is 8.66. The predicted molar refractivity (Wildman–Crippen MR) is 92.5 cm³/mol. The lowest BCUT2D eigenvalue weighted by molar-refractivity contribution is -0.138. The summed E-state index contributed by atoms with van der Waals surface area (Å²) in [7, 11) is -3.65. The summed E-state index contributed by atoms with van der Waals surface area (Å²) in [6.07, 6.45) is 3.24. The third-order valence-corrected chi connectivity index (χ3v) is 7.14. The topological polar surface area (TPSA) is 66.9 Å². The monoisotopic (exact) mass is 370 g/mol. The van der Waals surface area contributed by atoms with Crippen LogP contribution in [0.5, 0.6) is 0 Å². The van der Waals surface area contributed by atoms with Crippen LogP contribution in [0.2, 0.25) is 0 Å². The summed E-state index contributed by atoms with van der Waals surface area (Å²) in [6, 6.07) is 6.25. The summed E-state index contributed by atoms with van der Waals surface area (Å²) < 4.78 is 32.6. The Kier molecular flexibility index (Phi) is 5.49. The molecule has 2 fully saturated rings. The van der Waals surface area contributed by atoms with Gasteiger partial charge in [-0.3, -0.25) is 4.79 Å². The maximum Gasteiger partial charge on any atom is 0.243 e. The Bertz CT molecular complexity index is 685.